The zero-order chi connectivity index (χ0) is 19.8. The van der Waals surface area contributed by atoms with Crippen LogP contribution in [-0.4, -0.2) is 37.4 Å². The third kappa shape index (κ3) is 4.28. The Balaban J connectivity index is 1.68. The van der Waals surface area contributed by atoms with Gasteiger partial charge >= 0.3 is 6.18 Å². The molecule has 1 amide bonds. The van der Waals surface area contributed by atoms with E-state index in [1.807, 2.05) is 13.0 Å². The molecule has 2 aromatic rings. The summed E-state index contributed by atoms with van der Waals surface area (Å²) in [5.41, 5.74) is 0.218. The molecule has 0 spiro atoms. The van der Waals surface area contributed by atoms with Crippen molar-refractivity contribution in [3.63, 3.8) is 0 Å². The number of amides is 1. The van der Waals surface area contributed by atoms with Crippen molar-refractivity contribution in [2.45, 2.75) is 57.9 Å². The van der Waals surface area contributed by atoms with Gasteiger partial charge in [0.05, 0.1) is 29.5 Å². The van der Waals surface area contributed by atoms with Crippen molar-refractivity contribution in [2.24, 2.45) is 0 Å². The first-order chi connectivity index (χ1) is 12.7. The number of nitrogens with zero attached hydrogens (tertiary/aromatic N) is 5. The van der Waals surface area contributed by atoms with E-state index in [4.69, 9.17) is 11.6 Å². The van der Waals surface area contributed by atoms with E-state index in [2.05, 4.69) is 10.2 Å². The Morgan fingerprint density at radius 3 is 2.67 bits per heavy atom. The van der Waals surface area contributed by atoms with Crippen molar-refractivity contribution in [3.05, 3.63) is 34.4 Å². The van der Waals surface area contributed by atoms with Crippen molar-refractivity contribution in [2.75, 3.05) is 7.05 Å². The second-order valence-corrected chi connectivity index (χ2v) is 7.06. The van der Waals surface area contributed by atoms with Crippen LogP contribution < -0.4 is 0 Å². The molecular weight excluding hydrogens is 383 g/mol. The van der Waals surface area contributed by atoms with E-state index in [1.54, 1.807) is 17.9 Å². The number of alkyl halides is 3. The topological polar surface area (TPSA) is 56.0 Å². The summed E-state index contributed by atoms with van der Waals surface area (Å²) < 4.78 is 42.3. The van der Waals surface area contributed by atoms with Gasteiger partial charge in [0.1, 0.15) is 0 Å². The van der Waals surface area contributed by atoms with Crippen LogP contribution in [0.25, 0.3) is 0 Å². The van der Waals surface area contributed by atoms with Gasteiger partial charge in [-0.05, 0) is 25.8 Å². The molecule has 0 N–H and O–H groups in total. The standard InChI is InChI=1S/C17H21ClF3N5O/c1-3-25-12(6-8-22-25)10-24(2)13(27)7-9-26-15(11-4-5-11)14(18)16(23-26)17(19,20)21/h6,8,11H,3-5,7,9-10H2,1-2H3. The molecule has 0 unspecified atom stereocenters. The van der Waals surface area contributed by atoms with Gasteiger partial charge in [-0.15, -0.1) is 0 Å². The Labute approximate surface area is 159 Å². The summed E-state index contributed by atoms with van der Waals surface area (Å²) in [5.74, 6) is -0.186. The number of hydrogen-bond donors (Lipinski definition) is 0. The van der Waals surface area contributed by atoms with Crippen LogP contribution in [0.1, 0.15) is 49.2 Å². The molecule has 6 nitrogen and oxygen atoms in total. The van der Waals surface area contributed by atoms with Crippen LogP contribution in [0.3, 0.4) is 0 Å². The lowest BCUT2D eigenvalue weighted by atomic mass is 10.2. The van der Waals surface area contributed by atoms with Gasteiger partial charge in [0, 0.05) is 32.1 Å². The highest BCUT2D eigenvalue weighted by atomic mass is 35.5. The van der Waals surface area contributed by atoms with E-state index in [0.717, 1.165) is 18.5 Å². The second-order valence-electron chi connectivity index (χ2n) is 6.68. The number of rotatable bonds is 7. The van der Waals surface area contributed by atoms with Crippen molar-refractivity contribution >= 4 is 17.5 Å². The maximum Gasteiger partial charge on any atom is 0.436 e. The van der Waals surface area contributed by atoms with Crippen LogP contribution in [0.2, 0.25) is 5.02 Å². The normalized spacial score (nSPS) is 14.6. The number of aromatic nitrogens is 4. The molecule has 2 heterocycles. The first-order valence-corrected chi connectivity index (χ1v) is 9.18. The average molecular weight is 404 g/mol. The van der Waals surface area contributed by atoms with Gasteiger partial charge in [0.15, 0.2) is 5.69 Å². The van der Waals surface area contributed by atoms with Gasteiger partial charge in [-0.2, -0.15) is 23.4 Å². The Morgan fingerprint density at radius 2 is 2.07 bits per heavy atom. The van der Waals surface area contributed by atoms with E-state index in [9.17, 15) is 18.0 Å². The molecule has 3 rings (SSSR count). The lowest BCUT2D eigenvalue weighted by Crippen LogP contribution is -2.28. The molecule has 0 bridgehead atoms. The van der Waals surface area contributed by atoms with Gasteiger partial charge in [-0.3, -0.25) is 14.2 Å². The van der Waals surface area contributed by atoms with Crippen molar-refractivity contribution in [1.29, 1.82) is 0 Å². The van der Waals surface area contributed by atoms with E-state index in [1.165, 1.54) is 9.58 Å². The lowest BCUT2D eigenvalue weighted by Gasteiger charge is -2.18. The van der Waals surface area contributed by atoms with Crippen LogP contribution in [0, 0.1) is 0 Å². The third-order valence-electron chi connectivity index (χ3n) is 4.63. The fourth-order valence-corrected chi connectivity index (χ4v) is 3.45. The van der Waals surface area contributed by atoms with Crippen LogP contribution in [0.5, 0.6) is 0 Å². The van der Waals surface area contributed by atoms with Gasteiger partial charge in [0.2, 0.25) is 5.91 Å². The quantitative estimate of drug-likeness (QED) is 0.708. The van der Waals surface area contributed by atoms with Crippen LogP contribution in [0.15, 0.2) is 12.3 Å². The number of halogens is 4. The minimum absolute atomic E-state index is 0.00663. The Morgan fingerprint density at radius 1 is 1.37 bits per heavy atom. The fourth-order valence-electron chi connectivity index (χ4n) is 3.05. The molecule has 0 aliphatic heterocycles. The molecule has 1 saturated carbocycles. The van der Waals surface area contributed by atoms with Gasteiger partial charge < -0.3 is 4.90 Å². The molecule has 10 heteroatoms. The van der Waals surface area contributed by atoms with Crippen molar-refractivity contribution in [1.82, 2.24) is 24.5 Å². The van der Waals surface area contributed by atoms with Crippen LogP contribution in [0.4, 0.5) is 13.2 Å². The van der Waals surface area contributed by atoms with E-state index in [0.29, 0.717) is 18.8 Å². The third-order valence-corrected chi connectivity index (χ3v) is 5.00. The van der Waals surface area contributed by atoms with Crippen molar-refractivity contribution < 1.29 is 18.0 Å². The average Bonchev–Trinajstić information content (AvgIpc) is 3.23. The minimum Gasteiger partial charge on any atom is -0.340 e. The first-order valence-electron chi connectivity index (χ1n) is 8.80. The zero-order valence-corrected chi connectivity index (χ0v) is 15.9. The molecule has 0 atom stereocenters. The predicted molar refractivity (Wildman–Crippen MR) is 93.2 cm³/mol. The predicted octanol–water partition coefficient (Wildman–Crippen LogP) is 3.70. The maximum atomic E-state index is 13.1. The highest BCUT2D eigenvalue weighted by Crippen LogP contribution is 2.46. The van der Waals surface area contributed by atoms with Crippen molar-refractivity contribution in [3.8, 4) is 0 Å². The molecule has 2 aromatic heterocycles. The summed E-state index contributed by atoms with van der Waals surface area (Å²) in [6, 6.07) is 1.83. The molecule has 148 valence electrons. The highest BCUT2D eigenvalue weighted by Gasteiger charge is 2.42. The zero-order valence-electron chi connectivity index (χ0n) is 15.1. The fraction of sp³-hybridized carbons (Fsp3) is 0.588. The first kappa shape index (κ1) is 19.7. The van der Waals surface area contributed by atoms with E-state index >= 15 is 0 Å². The van der Waals surface area contributed by atoms with Crippen LogP contribution in [-0.2, 0) is 30.6 Å². The number of aryl methyl sites for hydroxylation is 2. The highest BCUT2D eigenvalue weighted by molar-refractivity contribution is 6.32. The Kier molecular flexibility index (Phi) is 5.50. The Hall–Kier alpha value is -2.03. The van der Waals surface area contributed by atoms with Gasteiger partial charge in [0.25, 0.3) is 0 Å². The summed E-state index contributed by atoms with van der Waals surface area (Å²) in [4.78, 5) is 14.0. The summed E-state index contributed by atoms with van der Waals surface area (Å²) in [7, 11) is 1.66. The number of carbonyl (C=O) groups excluding carboxylic acids is 1. The number of carbonyl (C=O) groups is 1. The summed E-state index contributed by atoms with van der Waals surface area (Å²) >= 11 is 5.95. The molecule has 27 heavy (non-hydrogen) atoms. The van der Waals surface area contributed by atoms with Gasteiger partial charge in [-0.1, -0.05) is 11.6 Å². The maximum absolute atomic E-state index is 13.1. The SMILES string of the molecule is CCn1nccc1CN(C)C(=O)CCn1nc(C(F)(F)F)c(Cl)c1C1CC1. The molecule has 1 aliphatic rings. The summed E-state index contributed by atoms with van der Waals surface area (Å²) in [6.07, 6.45) is -1.31. The minimum atomic E-state index is -4.61. The summed E-state index contributed by atoms with van der Waals surface area (Å²) in [6.45, 7) is 3.10. The van der Waals surface area contributed by atoms with Gasteiger partial charge in [-0.25, -0.2) is 0 Å². The molecule has 0 aromatic carbocycles. The monoisotopic (exact) mass is 403 g/mol. The largest absolute Gasteiger partial charge is 0.436 e. The smallest absolute Gasteiger partial charge is 0.340 e. The Bertz CT molecular complexity index is 825. The molecule has 1 aliphatic carbocycles. The molecule has 0 radical (unpaired) electrons. The van der Waals surface area contributed by atoms with E-state index < -0.39 is 11.9 Å². The van der Waals surface area contributed by atoms with Crippen LogP contribution >= 0.6 is 11.6 Å². The summed E-state index contributed by atoms with van der Waals surface area (Å²) in [5, 5.41) is 7.47. The second kappa shape index (κ2) is 7.53. The molecule has 0 saturated heterocycles. The molecule has 1 fully saturated rings. The molecular formula is C17H21ClF3N5O. The lowest BCUT2D eigenvalue weighted by molar-refractivity contribution is -0.141. The van der Waals surface area contributed by atoms with E-state index in [-0.39, 0.29) is 29.8 Å². The number of hydrogen-bond acceptors (Lipinski definition) is 3.